The van der Waals surface area contributed by atoms with Crippen molar-refractivity contribution in [2.24, 2.45) is 5.41 Å². The van der Waals surface area contributed by atoms with E-state index in [9.17, 15) is 9.59 Å². The van der Waals surface area contributed by atoms with Crippen LogP contribution in [0.2, 0.25) is 0 Å². The smallest absolute Gasteiger partial charge is 0.232 e. The van der Waals surface area contributed by atoms with Crippen molar-refractivity contribution in [1.29, 1.82) is 0 Å². The molecule has 29 heavy (non-hydrogen) atoms. The molecule has 0 bridgehead atoms. The van der Waals surface area contributed by atoms with Crippen LogP contribution in [-0.4, -0.2) is 66.5 Å². The lowest BCUT2D eigenvalue weighted by atomic mass is 9.73. The Morgan fingerprint density at radius 2 is 2.00 bits per heavy atom. The molecule has 4 rings (SSSR count). The number of carbonyl (C=O) groups is 2. The van der Waals surface area contributed by atoms with Crippen LogP contribution in [-0.2, 0) is 16.0 Å². The fourth-order valence-corrected chi connectivity index (χ4v) is 4.08. The molecule has 0 atom stereocenters. The van der Waals surface area contributed by atoms with E-state index in [4.69, 9.17) is 4.74 Å². The van der Waals surface area contributed by atoms with Crippen LogP contribution in [0.15, 0.2) is 42.7 Å². The standard InChI is InChI=1S/C21H25N5O3/c1-29-17-5-2-4-16(12-17)13-21(14-26(15-21)20-23-7-3-8-24-20)19(28)25-10-6-18(27)22-9-11-25/h2-5,7-8,12H,6,9-11,13-15H2,1H3,(H,22,27). The van der Waals surface area contributed by atoms with Gasteiger partial charge in [0.1, 0.15) is 5.75 Å². The maximum Gasteiger partial charge on any atom is 0.232 e. The molecule has 2 aliphatic rings. The van der Waals surface area contributed by atoms with Gasteiger partial charge in [-0.15, -0.1) is 0 Å². The van der Waals surface area contributed by atoms with Crippen LogP contribution in [0.3, 0.4) is 0 Å². The van der Waals surface area contributed by atoms with E-state index in [1.807, 2.05) is 34.1 Å². The lowest BCUT2D eigenvalue weighted by Gasteiger charge is -2.50. The summed E-state index contributed by atoms with van der Waals surface area (Å²) in [6.07, 6.45) is 4.35. The Morgan fingerprint density at radius 3 is 2.76 bits per heavy atom. The number of hydrogen-bond acceptors (Lipinski definition) is 6. The van der Waals surface area contributed by atoms with E-state index < -0.39 is 5.41 Å². The number of anilines is 1. The van der Waals surface area contributed by atoms with Crippen molar-refractivity contribution in [2.45, 2.75) is 12.8 Å². The summed E-state index contributed by atoms with van der Waals surface area (Å²) in [6, 6.07) is 9.61. The molecule has 2 amide bonds. The molecule has 8 nitrogen and oxygen atoms in total. The van der Waals surface area contributed by atoms with Crippen molar-refractivity contribution in [3.63, 3.8) is 0 Å². The van der Waals surface area contributed by atoms with Gasteiger partial charge >= 0.3 is 0 Å². The van der Waals surface area contributed by atoms with Gasteiger partial charge in [0, 0.05) is 51.5 Å². The Hall–Kier alpha value is -3.16. The first-order valence-electron chi connectivity index (χ1n) is 9.81. The molecule has 0 unspecified atom stereocenters. The molecule has 0 aliphatic carbocycles. The fraction of sp³-hybridized carbons (Fsp3) is 0.429. The molecule has 2 fully saturated rings. The van der Waals surface area contributed by atoms with Gasteiger partial charge in [-0.2, -0.15) is 0 Å². The average Bonchev–Trinajstić information content (AvgIpc) is 2.95. The van der Waals surface area contributed by atoms with Crippen molar-refractivity contribution in [3.05, 3.63) is 48.3 Å². The molecule has 1 aromatic carbocycles. The summed E-state index contributed by atoms with van der Waals surface area (Å²) in [7, 11) is 1.64. The largest absolute Gasteiger partial charge is 0.497 e. The van der Waals surface area contributed by atoms with Gasteiger partial charge < -0.3 is 19.9 Å². The number of nitrogens with one attached hydrogen (secondary N) is 1. The van der Waals surface area contributed by atoms with Crippen molar-refractivity contribution in [2.75, 3.05) is 44.7 Å². The number of benzene rings is 1. The predicted octanol–water partition coefficient (Wildman–Crippen LogP) is 0.883. The van der Waals surface area contributed by atoms with E-state index in [2.05, 4.69) is 15.3 Å². The number of nitrogens with zero attached hydrogens (tertiary/aromatic N) is 4. The zero-order valence-electron chi connectivity index (χ0n) is 16.5. The number of carbonyl (C=O) groups excluding carboxylic acids is 2. The normalized spacial score (nSPS) is 18.4. The Kier molecular flexibility index (Phi) is 5.33. The van der Waals surface area contributed by atoms with E-state index >= 15 is 0 Å². The second-order valence-corrected chi connectivity index (χ2v) is 7.61. The summed E-state index contributed by atoms with van der Waals surface area (Å²) in [5, 5.41) is 2.84. The molecule has 2 aromatic rings. The van der Waals surface area contributed by atoms with Crippen LogP contribution < -0.4 is 15.0 Å². The first kappa shape index (κ1) is 19.2. The third kappa shape index (κ3) is 4.01. The zero-order valence-corrected chi connectivity index (χ0v) is 16.5. The minimum Gasteiger partial charge on any atom is -0.497 e. The Labute approximate surface area is 169 Å². The SMILES string of the molecule is COc1cccc(CC2(C(=O)N3CCNC(=O)CC3)CN(c3ncccn3)C2)c1. The Balaban J connectivity index is 1.57. The summed E-state index contributed by atoms with van der Waals surface area (Å²) < 4.78 is 5.35. The lowest BCUT2D eigenvalue weighted by Crippen LogP contribution is -2.65. The number of rotatable bonds is 5. The molecule has 1 N–H and O–H groups in total. The minimum absolute atomic E-state index is 0.00457. The van der Waals surface area contributed by atoms with Gasteiger partial charge in [0.05, 0.1) is 12.5 Å². The summed E-state index contributed by atoms with van der Waals surface area (Å²) in [5.41, 5.74) is 0.481. The second kappa shape index (κ2) is 8.06. The van der Waals surface area contributed by atoms with Gasteiger partial charge in [0.15, 0.2) is 0 Å². The summed E-state index contributed by atoms with van der Waals surface area (Å²) in [5.74, 6) is 1.49. The summed E-state index contributed by atoms with van der Waals surface area (Å²) in [6.45, 7) is 2.57. The molecule has 152 valence electrons. The van der Waals surface area contributed by atoms with E-state index in [-0.39, 0.29) is 11.8 Å². The maximum absolute atomic E-state index is 13.6. The number of hydrogen-bond donors (Lipinski definition) is 1. The zero-order chi connectivity index (χ0) is 20.3. The third-order valence-corrected chi connectivity index (χ3v) is 5.55. The molecule has 2 saturated heterocycles. The predicted molar refractivity (Wildman–Crippen MR) is 108 cm³/mol. The van der Waals surface area contributed by atoms with Gasteiger partial charge in [-0.3, -0.25) is 9.59 Å². The van der Waals surface area contributed by atoms with Gasteiger partial charge in [0.25, 0.3) is 0 Å². The van der Waals surface area contributed by atoms with Crippen molar-refractivity contribution in [1.82, 2.24) is 20.2 Å². The highest BCUT2D eigenvalue weighted by Gasteiger charge is 2.51. The molecule has 0 radical (unpaired) electrons. The molecular weight excluding hydrogens is 370 g/mol. The lowest BCUT2D eigenvalue weighted by molar-refractivity contribution is -0.143. The first-order valence-corrected chi connectivity index (χ1v) is 9.81. The van der Waals surface area contributed by atoms with Crippen LogP contribution in [0.25, 0.3) is 0 Å². The first-order chi connectivity index (χ1) is 14.1. The summed E-state index contributed by atoms with van der Waals surface area (Å²) in [4.78, 5) is 37.8. The molecule has 0 spiro atoms. The molecule has 8 heteroatoms. The van der Waals surface area contributed by atoms with Gasteiger partial charge in [-0.05, 0) is 30.2 Å². The monoisotopic (exact) mass is 395 g/mol. The van der Waals surface area contributed by atoms with E-state index in [1.54, 1.807) is 25.6 Å². The highest BCUT2D eigenvalue weighted by atomic mass is 16.5. The number of ether oxygens (including phenoxy) is 1. The van der Waals surface area contributed by atoms with Crippen molar-refractivity contribution < 1.29 is 14.3 Å². The quantitative estimate of drug-likeness (QED) is 0.809. The van der Waals surface area contributed by atoms with Crippen LogP contribution in [0, 0.1) is 5.41 Å². The van der Waals surface area contributed by atoms with Gasteiger partial charge in [-0.1, -0.05) is 12.1 Å². The third-order valence-electron chi connectivity index (χ3n) is 5.55. The van der Waals surface area contributed by atoms with Crippen LogP contribution in [0.4, 0.5) is 5.95 Å². The van der Waals surface area contributed by atoms with Gasteiger partial charge in [0.2, 0.25) is 17.8 Å². The summed E-state index contributed by atoms with van der Waals surface area (Å²) >= 11 is 0. The fourth-order valence-electron chi connectivity index (χ4n) is 4.08. The van der Waals surface area contributed by atoms with Crippen molar-refractivity contribution >= 4 is 17.8 Å². The van der Waals surface area contributed by atoms with Gasteiger partial charge in [-0.25, -0.2) is 9.97 Å². The molecule has 0 saturated carbocycles. The maximum atomic E-state index is 13.6. The second-order valence-electron chi connectivity index (χ2n) is 7.61. The van der Waals surface area contributed by atoms with E-state index in [0.717, 1.165) is 11.3 Å². The van der Waals surface area contributed by atoms with Crippen LogP contribution in [0.1, 0.15) is 12.0 Å². The molecule has 1 aromatic heterocycles. The highest BCUT2D eigenvalue weighted by molar-refractivity contribution is 5.87. The number of amides is 2. The van der Waals surface area contributed by atoms with E-state index in [0.29, 0.717) is 51.5 Å². The Bertz CT molecular complexity index is 883. The average molecular weight is 395 g/mol. The highest BCUT2D eigenvalue weighted by Crippen LogP contribution is 2.38. The van der Waals surface area contributed by atoms with Crippen LogP contribution in [0.5, 0.6) is 5.75 Å². The van der Waals surface area contributed by atoms with Crippen molar-refractivity contribution in [3.8, 4) is 5.75 Å². The van der Waals surface area contributed by atoms with Crippen LogP contribution >= 0.6 is 0 Å². The van der Waals surface area contributed by atoms with E-state index in [1.165, 1.54) is 0 Å². The molecule has 3 heterocycles. The minimum atomic E-state index is -0.570. The topological polar surface area (TPSA) is 87.7 Å². The molecular formula is C21H25N5O3. The number of aromatic nitrogens is 2. The molecule has 2 aliphatic heterocycles. The Morgan fingerprint density at radius 1 is 1.21 bits per heavy atom. The number of methoxy groups -OCH3 is 1.